The molecule has 72 valence electrons. The van der Waals surface area contributed by atoms with Gasteiger partial charge in [-0.1, -0.05) is 13.8 Å². The van der Waals surface area contributed by atoms with Crippen molar-refractivity contribution in [3.05, 3.63) is 0 Å². The summed E-state index contributed by atoms with van der Waals surface area (Å²) in [6.07, 6.45) is 0.815. The third kappa shape index (κ3) is 9.23. The van der Waals surface area contributed by atoms with Crippen molar-refractivity contribution in [1.82, 2.24) is 5.32 Å². The minimum Gasteiger partial charge on any atom is -0.381 e. The lowest BCUT2D eigenvalue weighted by molar-refractivity contribution is 0.108. The Morgan fingerprint density at radius 2 is 2.25 bits per heavy atom. The van der Waals surface area contributed by atoms with Gasteiger partial charge in [0.2, 0.25) is 0 Å². The quantitative estimate of drug-likeness (QED) is 0.583. The third-order valence-electron chi connectivity index (χ3n) is 1.22. The second-order valence-electron chi connectivity index (χ2n) is 3.11. The van der Waals surface area contributed by atoms with Crippen molar-refractivity contribution >= 4 is 6.03 Å². The van der Waals surface area contributed by atoms with Crippen LogP contribution in [0.1, 0.15) is 20.3 Å². The normalized spacial score (nSPS) is 10.2. The average molecular weight is 174 g/mol. The van der Waals surface area contributed by atoms with Crippen LogP contribution in [0.3, 0.4) is 0 Å². The number of hydrogen-bond donors (Lipinski definition) is 2. The molecular weight excluding hydrogens is 156 g/mol. The molecule has 0 atom stereocenters. The maximum absolute atomic E-state index is 10.2. The molecule has 0 unspecified atom stereocenters. The SMILES string of the molecule is CC(C)COCCCNC(N)=O. The van der Waals surface area contributed by atoms with Gasteiger partial charge in [-0.2, -0.15) is 0 Å². The van der Waals surface area contributed by atoms with Crippen molar-refractivity contribution in [2.75, 3.05) is 19.8 Å². The molecule has 4 heteroatoms. The standard InChI is InChI=1S/C8H18N2O2/c1-7(2)6-12-5-3-4-10-8(9)11/h7H,3-6H2,1-2H3,(H3,9,10,11). The van der Waals surface area contributed by atoms with Gasteiger partial charge < -0.3 is 15.8 Å². The van der Waals surface area contributed by atoms with Crippen LogP contribution in [-0.2, 0) is 4.74 Å². The molecule has 0 aromatic heterocycles. The molecule has 0 radical (unpaired) electrons. The predicted octanol–water partition coefficient (Wildman–Crippen LogP) is 0.717. The summed E-state index contributed by atoms with van der Waals surface area (Å²) in [5.74, 6) is 0.564. The predicted molar refractivity (Wildman–Crippen MR) is 47.9 cm³/mol. The van der Waals surface area contributed by atoms with Gasteiger partial charge in [0, 0.05) is 19.8 Å². The van der Waals surface area contributed by atoms with Crippen molar-refractivity contribution in [3.8, 4) is 0 Å². The zero-order valence-electron chi connectivity index (χ0n) is 7.80. The van der Waals surface area contributed by atoms with Crippen molar-refractivity contribution in [2.45, 2.75) is 20.3 Å². The van der Waals surface area contributed by atoms with Gasteiger partial charge in [0.15, 0.2) is 0 Å². The van der Waals surface area contributed by atoms with Crippen LogP contribution in [0.2, 0.25) is 0 Å². The summed E-state index contributed by atoms with van der Waals surface area (Å²) in [6.45, 7) is 6.24. The van der Waals surface area contributed by atoms with E-state index < -0.39 is 6.03 Å². The highest BCUT2D eigenvalue weighted by atomic mass is 16.5. The van der Waals surface area contributed by atoms with E-state index >= 15 is 0 Å². The first-order chi connectivity index (χ1) is 5.63. The fourth-order valence-electron chi connectivity index (χ4n) is 0.705. The lowest BCUT2D eigenvalue weighted by atomic mass is 10.2. The number of urea groups is 1. The summed E-state index contributed by atoms with van der Waals surface area (Å²) < 4.78 is 5.28. The second-order valence-corrected chi connectivity index (χ2v) is 3.11. The zero-order valence-corrected chi connectivity index (χ0v) is 7.80. The minimum absolute atomic E-state index is 0.473. The van der Waals surface area contributed by atoms with Gasteiger partial charge in [-0.05, 0) is 12.3 Å². The van der Waals surface area contributed by atoms with Gasteiger partial charge in [-0.25, -0.2) is 4.79 Å². The summed E-state index contributed by atoms with van der Waals surface area (Å²) in [4.78, 5) is 10.2. The Kier molecular flexibility index (Phi) is 6.47. The molecule has 0 aromatic rings. The molecule has 0 saturated heterocycles. The van der Waals surface area contributed by atoms with Crippen LogP contribution in [0.15, 0.2) is 0 Å². The van der Waals surface area contributed by atoms with Crippen molar-refractivity contribution < 1.29 is 9.53 Å². The Hall–Kier alpha value is -0.770. The fourth-order valence-corrected chi connectivity index (χ4v) is 0.705. The molecule has 0 saturated carbocycles. The molecule has 4 nitrogen and oxygen atoms in total. The Balaban J connectivity index is 2.96. The number of rotatable bonds is 6. The number of carbonyl (C=O) groups excluding carboxylic acids is 1. The molecular formula is C8H18N2O2. The molecule has 0 spiro atoms. The number of hydrogen-bond acceptors (Lipinski definition) is 2. The van der Waals surface area contributed by atoms with E-state index in [-0.39, 0.29) is 0 Å². The van der Waals surface area contributed by atoms with Crippen LogP contribution in [0.4, 0.5) is 4.79 Å². The Morgan fingerprint density at radius 1 is 1.58 bits per heavy atom. The first-order valence-electron chi connectivity index (χ1n) is 4.24. The smallest absolute Gasteiger partial charge is 0.312 e. The summed E-state index contributed by atoms with van der Waals surface area (Å²) >= 11 is 0. The Morgan fingerprint density at radius 3 is 2.75 bits per heavy atom. The molecule has 3 N–H and O–H groups in total. The van der Waals surface area contributed by atoms with E-state index in [1.807, 2.05) is 0 Å². The van der Waals surface area contributed by atoms with Gasteiger partial charge in [0.25, 0.3) is 0 Å². The highest BCUT2D eigenvalue weighted by Crippen LogP contribution is 1.92. The van der Waals surface area contributed by atoms with E-state index in [9.17, 15) is 4.79 Å². The summed E-state index contributed by atoms with van der Waals surface area (Å²) in [7, 11) is 0. The third-order valence-corrected chi connectivity index (χ3v) is 1.22. The van der Waals surface area contributed by atoms with Crippen LogP contribution in [-0.4, -0.2) is 25.8 Å². The first kappa shape index (κ1) is 11.2. The number of ether oxygens (including phenoxy) is 1. The van der Waals surface area contributed by atoms with Crippen LogP contribution >= 0.6 is 0 Å². The molecule has 0 bridgehead atoms. The average Bonchev–Trinajstić information content (AvgIpc) is 1.95. The van der Waals surface area contributed by atoms with Gasteiger partial charge in [0.05, 0.1) is 0 Å². The minimum atomic E-state index is -0.473. The van der Waals surface area contributed by atoms with Gasteiger partial charge in [0.1, 0.15) is 0 Å². The summed E-state index contributed by atoms with van der Waals surface area (Å²) in [5, 5.41) is 2.49. The van der Waals surface area contributed by atoms with Crippen LogP contribution in [0.25, 0.3) is 0 Å². The van der Waals surface area contributed by atoms with Crippen LogP contribution < -0.4 is 11.1 Å². The molecule has 2 amide bonds. The van der Waals surface area contributed by atoms with E-state index in [1.54, 1.807) is 0 Å². The van der Waals surface area contributed by atoms with Crippen LogP contribution in [0.5, 0.6) is 0 Å². The lowest BCUT2D eigenvalue weighted by Gasteiger charge is -2.06. The van der Waals surface area contributed by atoms with Crippen LogP contribution in [0, 0.1) is 5.92 Å². The van der Waals surface area contributed by atoms with Gasteiger partial charge in [-0.15, -0.1) is 0 Å². The maximum Gasteiger partial charge on any atom is 0.312 e. The highest BCUT2D eigenvalue weighted by Gasteiger charge is 1.94. The van der Waals surface area contributed by atoms with Gasteiger partial charge in [-0.3, -0.25) is 0 Å². The van der Waals surface area contributed by atoms with E-state index in [0.717, 1.165) is 13.0 Å². The monoisotopic (exact) mass is 174 g/mol. The number of carbonyl (C=O) groups is 1. The fraction of sp³-hybridized carbons (Fsp3) is 0.875. The molecule has 0 aliphatic rings. The molecule has 0 aromatic carbocycles. The zero-order chi connectivity index (χ0) is 9.40. The molecule has 12 heavy (non-hydrogen) atoms. The first-order valence-corrected chi connectivity index (χ1v) is 4.24. The largest absolute Gasteiger partial charge is 0.381 e. The maximum atomic E-state index is 10.2. The van der Waals surface area contributed by atoms with E-state index in [1.165, 1.54) is 0 Å². The summed E-state index contributed by atoms with van der Waals surface area (Å²) in [6, 6.07) is -0.473. The Labute approximate surface area is 73.5 Å². The van der Waals surface area contributed by atoms with Crippen molar-refractivity contribution in [2.24, 2.45) is 11.7 Å². The van der Waals surface area contributed by atoms with Gasteiger partial charge >= 0.3 is 6.03 Å². The number of amides is 2. The van der Waals surface area contributed by atoms with E-state index in [2.05, 4.69) is 19.2 Å². The second kappa shape index (κ2) is 6.91. The number of nitrogens with one attached hydrogen (secondary N) is 1. The van der Waals surface area contributed by atoms with Crippen molar-refractivity contribution in [1.29, 1.82) is 0 Å². The molecule has 0 fully saturated rings. The molecule has 0 aliphatic carbocycles. The molecule has 0 rings (SSSR count). The van der Waals surface area contributed by atoms with E-state index in [4.69, 9.17) is 10.5 Å². The van der Waals surface area contributed by atoms with E-state index in [0.29, 0.717) is 19.1 Å². The number of primary amides is 1. The lowest BCUT2D eigenvalue weighted by Crippen LogP contribution is -2.30. The Bertz CT molecular complexity index is 126. The molecule has 0 heterocycles. The highest BCUT2D eigenvalue weighted by molar-refractivity contribution is 5.71. The summed E-state index contributed by atoms with van der Waals surface area (Å²) in [5.41, 5.74) is 4.86. The number of nitrogens with two attached hydrogens (primary N) is 1. The molecule has 0 aliphatic heterocycles. The topological polar surface area (TPSA) is 64.3 Å². The van der Waals surface area contributed by atoms with Crippen molar-refractivity contribution in [3.63, 3.8) is 0 Å².